The van der Waals surface area contributed by atoms with Crippen LogP contribution in [0.25, 0.3) is 0 Å². The highest BCUT2D eigenvalue weighted by atomic mass is 28.4. The summed E-state index contributed by atoms with van der Waals surface area (Å²) in [7, 11) is -2.70. The number of hydrogen-bond donors (Lipinski definition) is 0. The van der Waals surface area contributed by atoms with Crippen molar-refractivity contribution in [2.45, 2.75) is 193 Å². The van der Waals surface area contributed by atoms with E-state index in [1.807, 2.05) is 12.1 Å². The van der Waals surface area contributed by atoms with Gasteiger partial charge in [0, 0.05) is 6.42 Å². The third-order valence-corrected chi connectivity index (χ3v) is 22.7. The van der Waals surface area contributed by atoms with Crippen LogP contribution >= 0.6 is 0 Å². The summed E-state index contributed by atoms with van der Waals surface area (Å²) in [6.07, 6.45) is 10.00. The fraction of sp³-hybridized carbons (Fsp3) is 0.795. The van der Waals surface area contributed by atoms with E-state index in [9.17, 15) is 0 Å². The summed E-state index contributed by atoms with van der Waals surface area (Å²) < 4.78 is 27.4. The van der Waals surface area contributed by atoms with E-state index in [0.717, 1.165) is 18.6 Å². The van der Waals surface area contributed by atoms with Gasteiger partial charge in [0.2, 0.25) is 16.6 Å². The first-order valence-electron chi connectivity index (χ1n) is 18.4. The van der Waals surface area contributed by atoms with E-state index in [1.54, 1.807) is 7.11 Å². The van der Waals surface area contributed by atoms with Crippen LogP contribution in [0.15, 0.2) is 36.9 Å². The van der Waals surface area contributed by atoms with Gasteiger partial charge in [-0.3, -0.25) is 0 Å². The molecular weight excluding hydrogens is 589 g/mol. The summed E-state index contributed by atoms with van der Waals surface area (Å²) in [4.78, 5) is 0. The van der Waals surface area contributed by atoms with Gasteiger partial charge in [0.15, 0.2) is 0 Å². The standard InChI is InChI=1S/C39H74O4Si2/c1-16-18-19-20-21-22-37(41-28-35-23-25-36(40-15)26-24-35)27-39(43-45(32(9)10,33(11)12)34(13)14)38(17-2)42-44(29(3)4,30(5)6)31(7)8/h17,23-26,29-34,37-39H,2,16,18-22,27-28H2,1,3-15H3/t37-,38-,39+/m1/s1. The van der Waals surface area contributed by atoms with Crippen molar-refractivity contribution < 1.29 is 18.3 Å². The molecule has 1 aromatic carbocycles. The van der Waals surface area contributed by atoms with Crippen LogP contribution in [0.4, 0.5) is 0 Å². The summed E-state index contributed by atoms with van der Waals surface area (Å²) in [5, 5.41) is 0. The van der Waals surface area contributed by atoms with E-state index in [2.05, 4.69) is 115 Å². The van der Waals surface area contributed by atoms with E-state index >= 15 is 0 Å². The molecule has 0 heterocycles. The van der Waals surface area contributed by atoms with E-state index in [-0.39, 0.29) is 18.3 Å². The summed E-state index contributed by atoms with van der Waals surface area (Å²) in [5.41, 5.74) is 4.10. The van der Waals surface area contributed by atoms with Gasteiger partial charge in [-0.25, -0.2) is 0 Å². The summed E-state index contributed by atoms with van der Waals surface area (Å²) in [6, 6.07) is 8.27. The Balaban J connectivity index is 3.60. The van der Waals surface area contributed by atoms with Gasteiger partial charge in [0.05, 0.1) is 32.0 Å². The van der Waals surface area contributed by atoms with Crippen molar-refractivity contribution in [2.75, 3.05) is 7.11 Å². The van der Waals surface area contributed by atoms with Gasteiger partial charge < -0.3 is 18.3 Å². The summed E-state index contributed by atoms with van der Waals surface area (Å²) >= 11 is 0. The van der Waals surface area contributed by atoms with Crippen LogP contribution in [-0.4, -0.2) is 42.1 Å². The maximum Gasteiger partial charge on any atom is 0.201 e. The van der Waals surface area contributed by atoms with Crippen LogP contribution in [0.3, 0.4) is 0 Å². The quantitative estimate of drug-likeness (QED) is 0.0627. The molecule has 262 valence electrons. The minimum Gasteiger partial charge on any atom is -0.497 e. The number of unbranched alkanes of at least 4 members (excludes halogenated alkanes) is 4. The fourth-order valence-corrected chi connectivity index (χ4v) is 19.4. The van der Waals surface area contributed by atoms with E-state index in [4.69, 9.17) is 18.3 Å². The molecule has 4 nitrogen and oxygen atoms in total. The molecule has 0 aliphatic heterocycles. The fourth-order valence-electron chi connectivity index (χ4n) is 8.28. The van der Waals surface area contributed by atoms with E-state index < -0.39 is 16.6 Å². The maximum atomic E-state index is 7.69. The second-order valence-electron chi connectivity index (χ2n) is 15.3. The van der Waals surface area contributed by atoms with Crippen molar-refractivity contribution in [3.8, 4) is 5.75 Å². The molecule has 0 radical (unpaired) electrons. The smallest absolute Gasteiger partial charge is 0.201 e. The first-order valence-corrected chi connectivity index (χ1v) is 22.6. The van der Waals surface area contributed by atoms with Gasteiger partial charge in [-0.05, 0) is 57.4 Å². The third kappa shape index (κ3) is 11.6. The Morgan fingerprint density at radius 1 is 0.667 bits per heavy atom. The Hall–Kier alpha value is -0.926. The molecule has 1 rings (SSSR count). The van der Waals surface area contributed by atoms with Crippen LogP contribution in [0.1, 0.15) is 141 Å². The molecule has 3 atom stereocenters. The zero-order valence-electron chi connectivity index (χ0n) is 32.1. The highest BCUT2D eigenvalue weighted by molar-refractivity contribution is 6.78. The first kappa shape index (κ1) is 42.1. The van der Waals surface area contributed by atoms with Crippen LogP contribution in [0.2, 0.25) is 33.2 Å². The van der Waals surface area contributed by atoms with Gasteiger partial charge in [-0.1, -0.05) is 140 Å². The second-order valence-corrected chi connectivity index (χ2v) is 26.1. The Morgan fingerprint density at radius 2 is 1.13 bits per heavy atom. The van der Waals surface area contributed by atoms with Crippen LogP contribution in [-0.2, 0) is 20.2 Å². The monoisotopic (exact) mass is 663 g/mol. The highest BCUT2D eigenvalue weighted by Gasteiger charge is 2.51. The lowest BCUT2D eigenvalue weighted by molar-refractivity contribution is -0.0245. The van der Waals surface area contributed by atoms with Crippen molar-refractivity contribution in [1.82, 2.24) is 0 Å². The van der Waals surface area contributed by atoms with Crippen molar-refractivity contribution in [1.29, 1.82) is 0 Å². The van der Waals surface area contributed by atoms with Crippen molar-refractivity contribution in [3.63, 3.8) is 0 Å². The lowest BCUT2D eigenvalue weighted by Gasteiger charge is -2.49. The predicted molar refractivity (Wildman–Crippen MR) is 202 cm³/mol. The Labute approximate surface area is 282 Å². The van der Waals surface area contributed by atoms with Gasteiger partial charge in [0.25, 0.3) is 0 Å². The number of methoxy groups -OCH3 is 1. The maximum absolute atomic E-state index is 7.69. The average molecular weight is 663 g/mol. The lowest BCUT2D eigenvalue weighted by atomic mass is 10.0. The van der Waals surface area contributed by atoms with Crippen molar-refractivity contribution in [3.05, 3.63) is 42.5 Å². The molecule has 0 unspecified atom stereocenters. The molecule has 45 heavy (non-hydrogen) atoms. The van der Waals surface area contributed by atoms with E-state index in [0.29, 0.717) is 39.9 Å². The summed E-state index contributed by atoms with van der Waals surface area (Å²) in [6.45, 7) is 35.8. The minimum absolute atomic E-state index is 0.0798. The van der Waals surface area contributed by atoms with Gasteiger partial charge in [0.1, 0.15) is 5.75 Å². The third-order valence-electron chi connectivity index (χ3n) is 10.5. The number of rotatable bonds is 24. The van der Waals surface area contributed by atoms with E-state index in [1.165, 1.54) is 37.7 Å². The molecule has 0 spiro atoms. The van der Waals surface area contributed by atoms with Crippen molar-refractivity contribution >= 4 is 16.6 Å². The van der Waals surface area contributed by atoms with Gasteiger partial charge in [-0.15, -0.1) is 6.58 Å². The summed E-state index contributed by atoms with van der Waals surface area (Å²) in [5.74, 6) is 0.871. The SMILES string of the molecule is C=C[C@@H](O[Si](C(C)C)(C(C)C)C(C)C)[C@H](C[C@@H](CCCCCCC)OCc1ccc(OC)cc1)O[Si](C(C)C)(C(C)C)C(C)C. The molecular formula is C39H74O4Si2. The molecule has 1 aromatic rings. The predicted octanol–water partition coefficient (Wildman–Crippen LogP) is 12.6. The minimum atomic E-state index is -2.22. The topological polar surface area (TPSA) is 36.9 Å². The lowest BCUT2D eigenvalue weighted by Crippen LogP contribution is -2.56. The molecule has 0 aliphatic carbocycles. The zero-order valence-corrected chi connectivity index (χ0v) is 34.1. The highest BCUT2D eigenvalue weighted by Crippen LogP contribution is 2.47. The number of ether oxygens (including phenoxy) is 2. The zero-order chi connectivity index (χ0) is 34.4. The molecule has 6 heteroatoms. The molecule has 0 aliphatic rings. The number of benzene rings is 1. The second kappa shape index (κ2) is 20.4. The molecule has 0 saturated heterocycles. The Bertz CT molecular complexity index is 882. The Morgan fingerprint density at radius 3 is 1.56 bits per heavy atom. The largest absolute Gasteiger partial charge is 0.497 e. The van der Waals surface area contributed by atoms with Gasteiger partial charge >= 0.3 is 0 Å². The Kier molecular flexibility index (Phi) is 19.1. The normalized spacial score (nSPS) is 15.1. The molecule has 0 bridgehead atoms. The molecule has 0 aromatic heterocycles. The van der Waals surface area contributed by atoms with Crippen LogP contribution < -0.4 is 4.74 Å². The molecule has 0 amide bonds. The molecule has 0 N–H and O–H groups in total. The first-order chi connectivity index (χ1) is 21.1. The number of hydrogen-bond acceptors (Lipinski definition) is 4. The average Bonchev–Trinajstić information content (AvgIpc) is 2.97. The van der Waals surface area contributed by atoms with Crippen LogP contribution in [0.5, 0.6) is 5.75 Å². The van der Waals surface area contributed by atoms with Gasteiger partial charge in [-0.2, -0.15) is 0 Å². The van der Waals surface area contributed by atoms with Crippen LogP contribution in [0, 0.1) is 0 Å². The molecule has 0 saturated carbocycles. The van der Waals surface area contributed by atoms with Crippen molar-refractivity contribution in [2.24, 2.45) is 0 Å². The molecule has 0 fully saturated rings.